The Balaban J connectivity index is 2.02. The normalized spacial score (nSPS) is 29.8. The molecule has 1 fully saturated rings. The van der Waals surface area contributed by atoms with Crippen molar-refractivity contribution < 1.29 is 0 Å². The summed E-state index contributed by atoms with van der Waals surface area (Å²) in [6.07, 6.45) is 10.8. The van der Waals surface area contributed by atoms with Crippen LogP contribution >= 0.6 is 0 Å². The minimum Gasteiger partial charge on any atom is -0.266 e. The highest BCUT2D eigenvalue weighted by Gasteiger charge is 2.21. The van der Waals surface area contributed by atoms with Crippen molar-refractivity contribution in [3.63, 3.8) is 0 Å². The molecule has 0 aromatic heterocycles. The van der Waals surface area contributed by atoms with E-state index in [2.05, 4.69) is 11.1 Å². The SMILES string of the molecule is B1CCCC1C1=NC=CCC1. The smallest absolute Gasteiger partial charge is 0.131 e. The number of rotatable bonds is 1. The van der Waals surface area contributed by atoms with Crippen LogP contribution in [0, 0.1) is 0 Å². The molecule has 1 nitrogen and oxygen atoms in total. The number of aliphatic imine (C=N–C) groups is 1. The second-order valence-electron chi connectivity index (χ2n) is 3.53. The summed E-state index contributed by atoms with van der Waals surface area (Å²) in [5.41, 5.74) is 1.48. The van der Waals surface area contributed by atoms with Gasteiger partial charge < -0.3 is 0 Å². The summed E-state index contributed by atoms with van der Waals surface area (Å²) in [7, 11) is 1.40. The monoisotopic (exact) mass is 147 g/mol. The minimum atomic E-state index is 0.847. The Morgan fingerprint density at radius 2 is 2.55 bits per heavy atom. The molecule has 58 valence electrons. The van der Waals surface area contributed by atoms with E-state index in [1.54, 1.807) is 0 Å². The molecule has 0 saturated carbocycles. The average Bonchev–Trinajstić information content (AvgIpc) is 2.58. The van der Waals surface area contributed by atoms with Gasteiger partial charge in [0.15, 0.2) is 0 Å². The van der Waals surface area contributed by atoms with Crippen LogP contribution in [-0.4, -0.2) is 13.0 Å². The van der Waals surface area contributed by atoms with E-state index in [9.17, 15) is 0 Å². The Hall–Kier alpha value is -0.525. The van der Waals surface area contributed by atoms with Crippen LogP contribution in [0.15, 0.2) is 17.3 Å². The standard InChI is InChI=1S/C9H14BN/c1-2-7-11-9(5-1)8-4-3-6-10-8/h2,7-8,10H,1,3-6H2. The summed E-state index contributed by atoms with van der Waals surface area (Å²) in [6, 6.07) is 0. The Bertz CT molecular complexity index is 190. The zero-order valence-electron chi connectivity index (χ0n) is 6.92. The van der Waals surface area contributed by atoms with Crippen LogP contribution in [0.1, 0.15) is 25.7 Å². The van der Waals surface area contributed by atoms with Crippen LogP contribution in [0.25, 0.3) is 0 Å². The molecule has 2 rings (SSSR count). The van der Waals surface area contributed by atoms with E-state index in [4.69, 9.17) is 0 Å². The first-order valence-corrected chi connectivity index (χ1v) is 4.68. The predicted molar refractivity (Wildman–Crippen MR) is 50.7 cm³/mol. The van der Waals surface area contributed by atoms with Gasteiger partial charge in [-0.05, 0) is 18.7 Å². The van der Waals surface area contributed by atoms with Crippen LogP contribution in [-0.2, 0) is 0 Å². The Morgan fingerprint density at radius 3 is 3.18 bits per heavy atom. The fourth-order valence-corrected chi connectivity index (χ4v) is 2.09. The first-order valence-electron chi connectivity index (χ1n) is 4.68. The fraction of sp³-hybridized carbons (Fsp3) is 0.667. The maximum atomic E-state index is 4.45. The summed E-state index contributed by atoms with van der Waals surface area (Å²) < 4.78 is 0. The van der Waals surface area contributed by atoms with Crippen molar-refractivity contribution >= 4 is 13.0 Å². The van der Waals surface area contributed by atoms with E-state index >= 15 is 0 Å². The minimum absolute atomic E-state index is 0.847. The van der Waals surface area contributed by atoms with Gasteiger partial charge in [-0.3, -0.25) is 4.99 Å². The average molecular weight is 147 g/mol. The molecule has 0 radical (unpaired) electrons. The molecule has 1 atom stereocenters. The molecule has 2 heterocycles. The largest absolute Gasteiger partial charge is 0.266 e. The molecule has 0 aliphatic carbocycles. The van der Waals surface area contributed by atoms with E-state index in [0.717, 1.165) is 5.82 Å². The number of hydrogen-bond acceptors (Lipinski definition) is 1. The van der Waals surface area contributed by atoms with Gasteiger partial charge in [-0.25, -0.2) is 0 Å². The summed E-state index contributed by atoms with van der Waals surface area (Å²) in [6.45, 7) is 0. The topological polar surface area (TPSA) is 12.4 Å². The van der Waals surface area contributed by atoms with Crippen molar-refractivity contribution in [1.29, 1.82) is 0 Å². The molecule has 2 aliphatic heterocycles. The highest BCUT2D eigenvalue weighted by atomic mass is 14.7. The molecule has 1 saturated heterocycles. The van der Waals surface area contributed by atoms with Crippen LogP contribution in [0.4, 0.5) is 0 Å². The van der Waals surface area contributed by atoms with Crippen molar-refractivity contribution in [3.05, 3.63) is 12.3 Å². The van der Waals surface area contributed by atoms with E-state index < -0.39 is 0 Å². The second kappa shape index (κ2) is 3.25. The van der Waals surface area contributed by atoms with E-state index in [1.807, 2.05) is 6.20 Å². The van der Waals surface area contributed by atoms with E-state index in [1.165, 1.54) is 45.0 Å². The lowest BCUT2D eigenvalue weighted by Crippen LogP contribution is -2.11. The fourth-order valence-electron chi connectivity index (χ4n) is 2.09. The van der Waals surface area contributed by atoms with Crippen molar-refractivity contribution in [2.24, 2.45) is 4.99 Å². The molecule has 0 spiro atoms. The third kappa shape index (κ3) is 1.55. The molecule has 2 heteroatoms. The number of nitrogens with zero attached hydrogens (tertiary/aromatic N) is 1. The molecule has 1 unspecified atom stereocenters. The summed E-state index contributed by atoms with van der Waals surface area (Å²) >= 11 is 0. The predicted octanol–water partition coefficient (Wildman–Crippen LogP) is 2.17. The van der Waals surface area contributed by atoms with Gasteiger partial charge in [0.1, 0.15) is 7.28 Å². The quantitative estimate of drug-likeness (QED) is 0.504. The molecule has 0 N–H and O–H groups in total. The lowest BCUT2D eigenvalue weighted by atomic mass is 9.64. The maximum absolute atomic E-state index is 4.45. The van der Waals surface area contributed by atoms with Gasteiger partial charge in [-0.1, -0.05) is 25.2 Å². The third-order valence-corrected chi connectivity index (χ3v) is 2.74. The van der Waals surface area contributed by atoms with Gasteiger partial charge in [-0.2, -0.15) is 0 Å². The highest BCUT2D eigenvalue weighted by molar-refractivity contribution is 6.46. The van der Waals surface area contributed by atoms with Crippen LogP contribution in [0.3, 0.4) is 0 Å². The third-order valence-electron chi connectivity index (χ3n) is 2.74. The molecular weight excluding hydrogens is 133 g/mol. The molecule has 0 amide bonds. The van der Waals surface area contributed by atoms with Crippen LogP contribution in [0.5, 0.6) is 0 Å². The lowest BCUT2D eigenvalue weighted by Gasteiger charge is -2.13. The zero-order chi connectivity index (χ0) is 7.52. The van der Waals surface area contributed by atoms with Crippen molar-refractivity contribution in [2.75, 3.05) is 0 Å². The Morgan fingerprint density at radius 1 is 1.55 bits per heavy atom. The summed E-state index contributed by atoms with van der Waals surface area (Å²) in [5.74, 6) is 0.847. The Kier molecular flexibility index (Phi) is 2.11. The zero-order valence-corrected chi connectivity index (χ0v) is 6.92. The van der Waals surface area contributed by atoms with Gasteiger partial charge in [0.25, 0.3) is 0 Å². The van der Waals surface area contributed by atoms with Crippen molar-refractivity contribution in [2.45, 2.75) is 37.8 Å². The molecule has 2 aliphatic rings. The van der Waals surface area contributed by atoms with Gasteiger partial charge in [0.05, 0.1) is 0 Å². The highest BCUT2D eigenvalue weighted by Crippen LogP contribution is 2.28. The first kappa shape index (κ1) is 7.14. The Labute approximate surface area is 68.8 Å². The maximum Gasteiger partial charge on any atom is 0.131 e. The van der Waals surface area contributed by atoms with Gasteiger partial charge in [0, 0.05) is 11.9 Å². The summed E-state index contributed by atoms with van der Waals surface area (Å²) in [5, 5.41) is 0. The second-order valence-corrected chi connectivity index (χ2v) is 3.53. The number of hydrogen-bond donors (Lipinski definition) is 0. The molecule has 11 heavy (non-hydrogen) atoms. The van der Waals surface area contributed by atoms with Crippen LogP contribution in [0.2, 0.25) is 12.1 Å². The molecule has 0 bridgehead atoms. The lowest BCUT2D eigenvalue weighted by molar-refractivity contribution is 0.864. The van der Waals surface area contributed by atoms with Gasteiger partial charge >= 0.3 is 0 Å². The van der Waals surface area contributed by atoms with E-state index in [0.29, 0.717) is 0 Å². The summed E-state index contributed by atoms with van der Waals surface area (Å²) in [4.78, 5) is 4.45. The van der Waals surface area contributed by atoms with Crippen molar-refractivity contribution in [3.8, 4) is 0 Å². The molecule has 0 aromatic rings. The van der Waals surface area contributed by atoms with Gasteiger partial charge in [0.2, 0.25) is 0 Å². The molecular formula is C9H14BN. The van der Waals surface area contributed by atoms with Crippen molar-refractivity contribution in [1.82, 2.24) is 0 Å². The first-order chi connectivity index (χ1) is 5.47. The van der Waals surface area contributed by atoms with Crippen LogP contribution < -0.4 is 0 Å². The number of allylic oxidation sites excluding steroid dienone is 1. The van der Waals surface area contributed by atoms with E-state index in [-0.39, 0.29) is 0 Å². The van der Waals surface area contributed by atoms with Gasteiger partial charge in [-0.15, -0.1) is 0 Å². The molecule has 0 aromatic carbocycles.